The summed E-state index contributed by atoms with van der Waals surface area (Å²) in [6, 6.07) is 7.15. The number of thiazole rings is 1. The van der Waals surface area contributed by atoms with Gasteiger partial charge in [0, 0.05) is 29.7 Å². The smallest absolute Gasteiger partial charge is 0.220 e. The number of amides is 1. The molecule has 0 bridgehead atoms. The molecule has 6 heteroatoms. The zero-order valence-electron chi connectivity index (χ0n) is 17.0. The number of carbonyl (C=O) groups excluding carboxylic acids is 2. The van der Waals surface area contributed by atoms with Gasteiger partial charge in [0.15, 0.2) is 5.78 Å². The Kier molecular flexibility index (Phi) is 9.14. The fraction of sp³-hybridized carbons (Fsp3) is 0.500. The van der Waals surface area contributed by atoms with E-state index in [1.165, 1.54) is 0 Å². The van der Waals surface area contributed by atoms with Crippen molar-refractivity contribution >= 4 is 23.0 Å². The number of nitrogens with zero attached hydrogens (tertiary/aromatic N) is 1. The summed E-state index contributed by atoms with van der Waals surface area (Å²) < 4.78 is 5.65. The number of Topliss-reactive ketones (excluding diaryl/α,β-unsaturated/α-hetero) is 1. The molecule has 0 saturated carbocycles. The largest absolute Gasteiger partial charge is 0.494 e. The molecule has 1 aromatic carbocycles. The van der Waals surface area contributed by atoms with Crippen LogP contribution in [0.4, 0.5) is 0 Å². The summed E-state index contributed by atoms with van der Waals surface area (Å²) in [5.74, 6) is 0.987. The van der Waals surface area contributed by atoms with Crippen LogP contribution in [0.1, 0.15) is 79.9 Å². The fourth-order valence-electron chi connectivity index (χ4n) is 2.60. The summed E-state index contributed by atoms with van der Waals surface area (Å²) in [5.41, 5.74) is 1.47. The molecule has 5 nitrogen and oxygen atoms in total. The molecule has 2 aromatic rings. The van der Waals surface area contributed by atoms with Crippen LogP contribution in [0, 0.1) is 0 Å². The highest BCUT2D eigenvalue weighted by atomic mass is 32.1. The van der Waals surface area contributed by atoms with Crippen LogP contribution >= 0.6 is 11.3 Å². The number of nitrogens with one attached hydrogen (secondary N) is 1. The molecule has 0 aliphatic rings. The number of carbonyl (C=O) groups is 2. The quantitative estimate of drug-likeness (QED) is 0.395. The van der Waals surface area contributed by atoms with Crippen LogP contribution in [0.2, 0.25) is 0 Å². The SMILES string of the molecule is CCCCCOc1ccc(C(=O)CCC(=O)NCc2csc(C(C)C)n2)cc1. The van der Waals surface area contributed by atoms with E-state index in [2.05, 4.69) is 31.1 Å². The van der Waals surface area contributed by atoms with E-state index < -0.39 is 0 Å². The van der Waals surface area contributed by atoms with Crippen molar-refractivity contribution in [3.05, 3.63) is 45.9 Å². The van der Waals surface area contributed by atoms with Crippen molar-refractivity contribution in [2.75, 3.05) is 6.61 Å². The molecule has 1 heterocycles. The van der Waals surface area contributed by atoms with Gasteiger partial charge in [-0.1, -0.05) is 33.6 Å². The standard InChI is InChI=1S/C22H30N2O3S/c1-4-5-6-13-27-19-9-7-17(8-10-19)20(25)11-12-21(26)23-14-18-15-28-22(24-18)16(2)3/h7-10,15-16H,4-6,11-14H2,1-3H3,(H,23,26). The van der Waals surface area contributed by atoms with Crippen molar-refractivity contribution in [3.8, 4) is 5.75 Å². The van der Waals surface area contributed by atoms with Gasteiger partial charge in [0.1, 0.15) is 5.75 Å². The highest BCUT2D eigenvalue weighted by Crippen LogP contribution is 2.19. The van der Waals surface area contributed by atoms with Crippen LogP contribution in [0.5, 0.6) is 5.75 Å². The molecule has 28 heavy (non-hydrogen) atoms. The molecule has 0 saturated heterocycles. The van der Waals surface area contributed by atoms with Crippen molar-refractivity contribution in [2.24, 2.45) is 0 Å². The average Bonchev–Trinajstić information content (AvgIpc) is 3.18. The first-order valence-corrected chi connectivity index (χ1v) is 10.8. The zero-order chi connectivity index (χ0) is 20.4. The van der Waals surface area contributed by atoms with Gasteiger partial charge in [0.05, 0.1) is 23.9 Å². The second-order valence-electron chi connectivity index (χ2n) is 7.11. The Balaban J connectivity index is 1.71. The van der Waals surface area contributed by atoms with Crippen molar-refractivity contribution in [1.29, 1.82) is 0 Å². The minimum absolute atomic E-state index is 0.0385. The minimum Gasteiger partial charge on any atom is -0.494 e. The number of aromatic nitrogens is 1. The highest BCUT2D eigenvalue weighted by molar-refractivity contribution is 7.09. The van der Waals surface area contributed by atoms with Crippen molar-refractivity contribution in [1.82, 2.24) is 10.3 Å². The molecular formula is C22H30N2O3S. The van der Waals surface area contributed by atoms with E-state index >= 15 is 0 Å². The molecule has 1 aromatic heterocycles. The maximum absolute atomic E-state index is 12.3. The minimum atomic E-state index is -0.136. The summed E-state index contributed by atoms with van der Waals surface area (Å²) in [7, 11) is 0. The lowest BCUT2D eigenvalue weighted by molar-refractivity contribution is -0.121. The number of rotatable bonds is 12. The van der Waals surface area contributed by atoms with Crippen LogP contribution in [0.25, 0.3) is 0 Å². The monoisotopic (exact) mass is 402 g/mol. The third-order valence-electron chi connectivity index (χ3n) is 4.30. The first-order valence-electron chi connectivity index (χ1n) is 9.96. The Bertz CT molecular complexity index is 753. The predicted octanol–water partition coefficient (Wildman–Crippen LogP) is 5.11. The first kappa shape index (κ1) is 22.1. The van der Waals surface area contributed by atoms with Gasteiger partial charge < -0.3 is 10.1 Å². The van der Waals surface area contributed by atoms with E-state index in [4.69, 9.17) is 4.74 Å². The van der Waals surface area contributed by atoms with Crippen LogP contribution in [-0.4, -0.2) is 23.3 Å². The predicted molar refractivity (Wildman–Crippen MR) is 113 cm³/mol. The molecule has 0 aliphatic heterocycles. The zero-order valence-corrected chi connectivity index (χ0v) is 17.8. The van der Waals surface area contributed by atoms with Gasteiger partial charge in [-0.3, -0.25) is 9.59 Å². The third kappa shape index (κ3) is 7.43. The normalized spacial score (nSPS) is 10.9. The van der Waals surface area contributed by atoms with Gasteiger partial charge in [0.2, 0.25) is 5.91 Å². The number of unbranched alkanes of at least 4 members (excludes halogenated alkanes) is 2. The summed E-state index contributed by atoms with van der Waals surface area (Å²) >= 11 is 1.61. The summed E-state index contributed by atoms with van der Waals surface area (Å²) in [5, 5.41) is 5.87. The lowest BCUT2D eigenvalue weighted by atomic mass is 10.1. The molecule has 0 radical (unpaired) electrons. The molecular weight excluding hydrogens is 372 g/mol. The van der Waals surface area contributed by atoms with Crippen LogP contribution in [0.15, 0.2) is 29.6 Å². The van der Waals surface area contributed by atoms with E-state index in [0.29, 0.717) is 24.6 Å². The second kappa shape index (κ2) is 11.6. The molecule has 152 valence electrons. The topological polar surface area (TPSA) is 68.3 Å². The molecule has 0 unspecified atom stereocenters. The Morgan fingerprint density at radius 3 is 2.54 bits per heavy atom. The maximum atomic E-state index is 12.3. The summed E-state index contributed by atoms with van der Waals surface area (Å²) in [6.07, 6.45) is 3.71. The van der Waals surface area contributed by atoms with Crippen LogP contribution < -0.4 is 10.1 Å². The Morgan fingerprint density at radius 1 is 1.14 bits per heavy atom. The summed E-state index contributed by atoms with van der Waals surface area (Å²) in [6.45, 7) is 7.44. The lowest BCUT2D eigenvalue weighted by Gasteiger charge is -2.07. The molecule has 0 fully saturated rings. The lowest BCUT2D eigenvalue weighted by Crippen LogP contribution is -2.23. The van der Waals surface area contributed by atoms with Crippen molar-refractivity contribution in [3.63, 3.8) is 0 Å². The third-order valence-corrected chi connectivity index (χ3v) is 5.50. The molecule has 0 atom stereocenters. The Morgan fingerprint density at radius 2 is 1.89 bits per heavy atom. The fourth-order valence-corrected chi connectivity index (χ4v) is 3.43. The van der Waals surface area contributed by atoms with Crippen LogP contribution in [0.3, 0.4) is 0 Å². The van der Waals surface area contributed by atoms with Crippen molar-refractivity contribution < 1.29 is 14.3 Å². The van der Waals surface area contributed by atoms with E-state index in [1.807, 2.05) is 17.5 Å². The highest BCUT2D eigenvalue weighted by Gasteiger charge is 2.11. The average molecular weight is 403 g/mol. The number of ether oxygens (including phenoxy) is 1. The first-order chi connectivity index (χ1) is 13.5. The van der Waals surface area contributed by atoms with Gasteiger partial charge in [-0.15, -0.1) is 11.3 Å². The molecule has 0 spiro atoms. The van der Waals surface area contributed by atoms with Gasteiger partial charge in [-0.05, 0) is 30.7 Å². The van der Waals surface area contributed by atoms with E-state index in [0.717, 1.165) is 35.7 Å². The molecule has 1 amide bonds. The Hall–Kier alpha value is -2.21. The van der Waals surface area contributed by atoms with Gasteiger partial charge in [0.25, 0.3) is 0 Å². The summed E-state index contributed by atoms with van der Waals surface area (Å²) in [4.78, 5) is 28.8. The van der Waals surface area contributed by atoms with Crippen LogP contribution in [-0.2, 0) is 11.3 Å². The van der Waals surface area contributed by atoms with Gasteiger partial charge in [-0.25, -0.2) is 4.98 Å². The van der Waals surface area contributed by atoms with E-state index in [-0.39, 0.29) is 24.5 Å². The van der Waals surface area contributed by atoms with E-state index in [1.54, 1.807) is 23.5 Å². The number of hydrogen-bond donors (Lipinski definition) is 1. The molecule has 0 aliphatic carbocycles. The Labute approximate surface area is 171 Å². The van der Waals surface area contributed by atoms with E-state index in [9.17, 15) is 9.59 Å². The van der Waals surface area contributed by atoms with Gasteiger partial charge >= 0.3 is 0 Å². The molecule has 2 rings (SSSR count). The van der Waals surface area contributed by atoms with Gasteiger partial charge in [-0.2, -0.15) is 0 Å². The second-order valence-corrected chi connectivity index (χ2v) is 8.00. The maximum Gasteiger partial charge on any atom is 0.220 e. The van der Waals surface area contributed by atoms with Crippen molar-refractivity contribution in [2.45, 2.75) is 65.3 Å². The number of benzene rings is 1. The molecule has 1 N–H and O–H groups in total. The number of hydrogen-bond acceptors (Lipinski definition) is 5. The number of ketones is 1.